The number of halogens is 1. The number of rotatable bonds is 3. The van der Waals surface area contributed by atoms with Crippen LogP contribution >= 0.6 is 0 Å². The molecule has 1 aromatic rings. The zero-order chi connectivity index (χ0) is 16.9. The summed E-state index contributed by atoms with van der Waals surface area (Å²) in [6, 6.07) is 5.56. The molecule has 0 unspecified atom stereocenters. The molecule has 3 rings (SSSR count). The molecular weight excluding hydrogens is 313 g/mol. The fourth-order valence-electron chi connectivity index (χ4n) is 2.98. The molecule has 2 saturated heterocycles. The summed E-state index contributed by atoms with van der Waals surface area (Å²) in [5.74, 6) is -0.369. The number of hydrogen-bond donors (Lipinski definition) is 0. The van der Waals surface area contributed by atoms with Crippen LogP contribution in [0.3, 0.4) is 0 Å². The van der Waals surface area contributed by atoms with Gasteiger partial charge in [-0.1, -0.05) is 0 Å². The van der Waals surface area contributed by atoms with E-state index in [0.29, 0.717) is 51.5 Å². The lowest BCUT2D eigenvalue weighted by Gasteiger charge is -2.36. The molecule has 7 heteroatoms. The van der Waals surface area contributed by atoms with Crippen LogP contribution in [0.4, 0.5) is 4.39 Å². The molecule has 0 aromatic heterocycles. The van der Waals surface area contributed by atoms with Crippen LogP contribution < -0.4 is 0 Å². The zero-order valence-electron chi connectivity index (χ0n) is 13.6. The molecule has 0 saturated carbocycles. The molecule has 0 atom stereocenters. The minimum atomic E-state index is -0.356. The summed E-state index contributed by atoms with van der Waals surface area (Å²) in [6.45, 7) is 5.42. The Morgan fingerprint density at radius 2 is 1.50 bits per heavy atom. The second kappa shape index (κ2) is 7.72. The number of piperazine rings is 1. The van der Waals surface area contributed by atoms with Gasteiger partial charge in [0, 0.05) is 44.8 Å². The summed E-state index contributed by atoms with van der Waals surface area (Å²) in [5.41, 5.74) is 0.476. The molecule has 2 fully saturated rings. The van der Waals surface area contributed by atoms with Gasteiger partial charge < -0.3 is 14.5 Å². The number of nitrogens with zero attached hydrogens (tertiary/aromatic N) is 3. The first-order valence-electron chi connectivity index (χ1n) is 8.26. The second-order valence-corrected chi connectivity index (χ2v) is 6.07. The Morgan fingerprint density at radius 1 is 0.917 bits per heavy atom. The maximum atomic E-state index is 12.9. The predicted molar refractivity (Wildman–Crippen MR) is 86.1 cm³/mol. The van der Waals surface area contributed by atoms with E-state index in [0.717, 1.165) is 13.1 Å². The molecule has 130 valence electrons. The molecule has 2 aliphatic heterocycles. The van der Waals surface area contributed by atoms with Crippen molar-refractivity contribution in [3.05, 3.63) is 35.6 Å². The average Bonchev–Trinajstić information content (AvgIpc) is 2.63. The first kappa shape index (κ1) is 16.9. The van der Waals surface area contributed by atoms with E-state index in [1.807, 2.05) is 4.90 Å². The summed E-state index contributed by atoms with van der Waals surface area (Å²) >= 11 is 0. The van der Waals surface area contributed by atoms with E-state index in [9.17, 15) is 14.0 Å². The molecule has 0 radical (unpaired) electrons. The SMILES string of the molecule is O=C(CN1CCOCC1)N1CCN(C(=O)c2ccc(F)cc2)CC1. The minimum Gasteiger partial charge on any atom is -0.379 e. The maximum Gasteiger partial charge on any atom is 0.253 e. The standard InChI is InChI=1S/C17H22FN3O3/c18-15-3-1-14(2-4-15)17(23)21-7-5-20(6-8-21)16(22)13-19-9-11-24-12-10-19/h1-4H,5-13H2. The Kier molecular flexibility index (Phi) is 5.42. The third-order valence-corrected chi connectivity index (χ3v) is 4.47. The van der Waals surface area contributed by atoms with E-state index in [-0.39, 0.29) is 17.6 Å². The number of hydrogen-bond acceptors (Lipinski definition) is 4. The Labute approximate surface area is 140 Å². The average molecular weight is 335 g/mol. The van der Waals surface area contributed by atoms with Crippen LogP contribution in [0.25, 0.3) is 0 Å². The number of morpholine rings is 1. The summed E-state index contributed by atoms with van der Waals surface area (Å²) in [7, 11) is 0. The van der Waals surface area contributed by atoms with Gasteiger partial charge in [-0.05, 0) is 24.3 Å². The van der Waals surface area contributed by atoms with Crippen molar-refractivity contribution in [1.29, 1.82) is 0 Å². The monoisotopic (exact) mass is 335 g/mol. The van der Waals surface area contributed by atoms with Crippen LogP contribution in [0.2, 0.25) is 0 Å². The third kappa shape index (κ3) is 4.10. The van der Waals surface area contributed by atoms with Crippen LogP contribution in [0, 0.1) is 5.82 Å². The largest absolute Gasteiger partial charge is 0.379 e. The molecule has 2 amide bonds. The fourth-order valence-corrected chi connectivity index (χ4v) is 2.98. The Balaban J connectivity index is 1.48. The second-order valence-electron chi connectivity index (χ2n) is 6.07. The Hall–Kier alpha value is -1.99. The van der Waals surface area contributed by atoms with Gasteiger partial charge in [-0.3, -0.25) is 14.5 Å². The van der Waals surface area contributed by atoms with Crippen LogP contribution in [0.1, 0.15) is 10.4 Å². The lowest BCUT2D eigenvalue weighted by atomic mass is 10.1. The van der Waals surface area contributed by atoms with Crippen LogP contribution in [0.15, 0.2) is 24.3 Å². The van der Waals surface area contributed by atoms with Gasteiger partial charge in [0.15, 0.2) is 0 Å². The quantitative estimate of drug-likeness (QED) is 0.804. The van der Waals surface area contributed by atoms with Gasteiger partial charge >= 0.3 is 0 Å². The summed E-state index contributed by atoms with van der Waals surface area (Å²) in [4.78, 5) is 30.4. The molecule has 1 aromatic carbocycles. The molecule has 0 aliphatic carbocycles. The topological polar surface area (TPSA) is 53.1 Å². The zero-order valence-corrected chi connectivity index (χ0v) is 13.6. The van der Waals surface area contributed by atoms with E-state index >= 15 is 0 Å². The van der Waals surface area contributed by atoms with Crippen molar-refractivity contribution in [2.45, 2.75) is 0 Å². The highest BCUT2D eigenvalue weighted by atomic mass is 19.1. The molecule has 2 aliphatic rings. The highest BCUT2D eigenvalue weighted by molar-refractivity contribution is 5.94. The van der Waals surface area contributed by atoms with E-state index in [1.54, 1.807) is 4.90 Å². The highest BCUT2D eigenvalue weighted by Crippen LogP contribution is 2.10. The van der Waals surface area contributed by atoms with Gasteiger partial charge in [0.1, 0.15) is 5.82 Å². The van der Waals surface area contributed by atoms with E-state index in [1.165, 1.54) is 24.3 Å². The van der Waals surface area contributed by atoms with E-state index in [4.69, 9.17) is 4.74 Å². The normalized spacial score (nSPS) is 19.4. The highest BCUT2D eigenvalue weighted by Gasteiger charge is 2.26. The molecule has 2 heterocycles. The number of benzene rings is 1. The van der Waals surface area contributed by atoms with Crippen LogP contribution in [-0.4, -0.2) is 85.5 Å². The molecular formula is C17H22FN3O3. The first-order valence-corrected chi connectivity index (χ1v) is 8.26. The van der Waals surface area contributed by atoms with Gasteiger partial charge in [0.2, 0.25) is 5.91 Å². The molecule has 24 heavy (non-hydrogen) atoms. The molecule has 0 spiro atoms. The maximum absolute atomic E-state index is 12.9. The summed E-state index contributed by atoms with van der Waals surface area (Å²) < 4.78 is 18.2. The van der Waals surface area contributed by atoms with Crippen LogP contribution in [0.5, 0.6) is 0 Å². The predicted octanol–water partition coefficient (Wildman–Crippen LogP) is 0.442. The van der Waals surface area contributed by atoms with Crippen LogP contribution in [-0.2, 0) is 9.53 Å². The summed E-state index contributed by atoms with van der Waals surface area (Å²) in [5, 5.41) is 0. The van der Waals surface area contributed by atoms with Crippen molar-refractivity contribution >= 4 is 11.8 Å². The van der Waals surface area contributed by atoms with Gasteiger partial charge in [-0.25, -0.2) is 4.39 Å². The number of carbonyl (C=O) groups is 2. The van der Waals surface area contributed by atoms with Crippen molar-refractivity contribution in [3.63, 3.8) is 0 Å². The number of ether oxygens (including phenoxy) is 1. The van der Waals surface area contributed by atoms with Crippen molar-refractivity contribution in [3.8, 4) is 0 Å². The Bertz CT molecular complexity index is 579. The summed E-state index contributed by atoms with van der Waals surface area (Å²) in [6.07, 6.45) is 0. The Morgan fingerprint density at radius 3 is 2.12 bits per heavy atom. The number of carbonyl (C=O) groups excluding carboxylic acids is 2. The van der Waals surface area contributed by atoms with E-state index in [2.05, 4.69) is 4.90 Å². The first-order chi connectivity index (χ1) is 11.6. The van der Waals surface area contributed by atoms with Crippen molar-refractivity contribution in [2.24, 2.45) is 0 Å². The third-order valence-electron chi connectivity index (χ3n) is 4.47. The smallest absolute Gasteiger partial charge is 0.253 e. The van der Waals surface area contributed by atoms with Crippen molar-refractivity contribution in [2.75, 3.05) is 59.0 Å². The van der Waals surface area contributed by atoms with Gasteiger partial charge in [0.05, 0.1) is 19.8 Å². The number of amides is 2. The lowest BCUT2D eigenvalue weighted by molar-refractivity contribution is -0.134. The van der Waals surface area contributed by atoms with Crippen molar-refractivity contribution < 1.29 is 18.7 Å². The van der Waals surface area contributed by atoms with Gasteiger partial charge in [0.25, 0.3) is 5.91 Å². The lowest BCUT2D eigenvalue weighted by Crippen LogP contribution is -2.53. The fraction of sp³-hybridized carbons (Fsp3) is 0.529. The molecule has 0 bridgehead atoms. The molecule has 6 nitrogen and oxygen atoms in total. The van der Waals surface area contributed by atoms with Gasteiger partial charge in [-0.15, -0.1) is 0 Å². The molecule has 0 N–H and O–H groups in total. The minimum absolute atomic E-state index is 0.103. The van der Waals surface area contributed by atoms with Gasteiger partial charge in [-0.2, -0.15) is 0 Å². The van der Waals surface area contributed by atoms with E-state index < -0.39 is 0 Å². The van der Waals surface area contributed by atoms with Crippen molar-refractivity contribution in [1.82, 2.24) is 14.7 Å².